The second kappa shape index (κ2) is 4.40. The van der Waals surface area contributed by atoms with Crippen molar-refractivity contribution in [3.05, 3.63) is 11.9 Å². The Hall–Kier alpha value is -0.920. The molecule has 1 amide bonds. The molecule has 2 heterocycles. The summed E-state index contributed by atoms with van der Waals surface area (Å²) in [5.41, 5.74) is 0.846. The number of hydrogen-bond acceptors (Lipinski definition) is 5. The van der Waals surface area contributed by atoms with Crippen LogP contribution in [0.2, 0.25) is 0 Å². The average Bonchev–Trinajstić information content (AvgIpc) is 2.76. The average molecular weight is 277 g/mol. The van der Waals surface area contributed by atoms with Crippen LogP contribution in [0.4, 0.5) is 4.79 Å². The fourth-order valence-corrected chi connectivity index (χ4v) is 3.47. The van der Waals surface area contributed by atoms with Crippen LogP contribution in [0.15, 0.2) is 6.20 Å². The Balaban J connectivity index is 0.00000108. The van der Waals surface area contributed by atoms with Crippen LogP contribution < -0.4 is 10.6 Å². The van der Waals surface area contributed by atoms with Crippen molar-refractivity contribution in [3.63, 3.8) is 0 Å². The van der Waals surface area contributed by atoms with E-state index >= 15 is 0 Å². The molecule has 1 aromatic rings. The van der Waals surface area contributed by atoms with Crippen molar-refractivity contribution < 1.29 is 9.90 Å². The van der Waals surface area contributed by atoms with E-state index in [0.717, 1.165) is 18.8 Å². The minimum Gasteiger partial charge on any atom is -0.465 e. The summed E-state index contributed by atoms with van der Waals surface area (Å²) < 4.78 is 8.30. The Morgan fingerprint density at radius 1 is 1.65 bits per heavy atom. The summed E-state index contributed by atoms with van der Waals surface area (Å²) in [7, 11) is 0. The van der Waals surface area contributed by atoms with Gasteiger partial charge in [0.05, 0.1) is 23.6 Å². The number of carbonyl (C=O) groups is 1. The van der Waals surface area contributed by atoms with Crippen molar-refractivity contribution in [2.75, 3.05) is 19.6 Å². The van der Waals surface area contributed by atoms with E-state index in [-0.39, 0.29) is 17.8 Å². The predicted molar refractivity (Wildman–Crippen MR) is 64.7 cm³/mol. The fourth-order valence-electron chi connectivity index (χ4n) is 2.97. The van der Waals surface area contributed by atoms with E-state index in [9.17, 15) is 4.79 Å². The second-order valence-corrected chi connectivity index (χ2v) is 4.92. The Bertz CT molecular complexity index is 403. The third-order valence-electron chi connectivity index (χ3n) is 3.80. The van der Waals surface area contributed by atoms with Crippen LogP contribution in [0, 0.1) is 11.8 Å². The lowest BCUT2D eigenvalue weighted by Gasteiger charge is -2.18. The zero-order valence-electron chi connectivity index (χ0n) is 8.92. The Labute approximate surface area is 109 Å². The monoisotopic (exact) mass is 276 g/mol. The molecule has 3 rings (SSSR count). The number of aromatic nitrogens is 2. The number of carboxylic acid groups (broad SMARTS) is 1. The number of nitrogens with one attached hydrogen (secondary N) is 2. The van der Waals surface area contributed by atoms with Gasteiger partial charge in [0.15, 0.2) is 0 Å². The van der Waals surface area contributed by atoms with Crippen LogP contribution in [0.1, 0.15) is 5.69 Å². The lowest BCUT2D eigenvalue weighted by molar-refractivity contribution is 0.192. The molecule has 0 bridgehead atoms. The van der Waals surface area contributed by atoms with Gasteiger partial charge >= 0.3 is 6.09 Å². The minimum atomic E-state index is -0.972. The lowest BCUT2D eigenvalue weighted by atomic mass is 9.96. The van der Waals surface area contributed by atoms with Crippen LogP contribution in [-0.2, 0) is 5.41 Å². The fraction of sp³-hybridized carbons (Fsp3) is 0.667. The van der Waals surface area contributed by atoms with Crippen molar-refractivity contribution in [3.8, 4) is 0 Å². The molecule has 1 aliphatic carbocycles. The highest BCUT2D eigenvalue weighted by atomic mass is 35.5. The molecule has 1 unspecified atom stereocenters. The SMILES string of the molecule is Cl.O=C(O)NCC1(c2cnsn2)[C@@H]2CNC[C@@H]21. The van der Waals surface area contributed by atoms with Crippen molar-refractivity contribution in [1.29, 1.82) is 0 Å². The number of fused-ring (bicyclic) bond motifs is 1. The molecule has 6 nitrogen and oxygen atoms in total. The third-order valence-corrected chi connectivity index (χ3v) is 4.28. The summed E-state index contributed by atoms with van der Waals surface area (Å²) in [4.78, 5) is 10.6. The molecule has 0 aromatic carbocycles. The summed E-state index contributed by atoms with van der Waals surface area (Å²) in [6.07, 6.45) is 0.799. The topological polar surface area (TPSA) is 87.1 Å². The highest BCUT2D eigenvalue weighted by Gasteiger charge is 2.68. The molecule has 2 fully saturated rings. The zero-order valence-corrected chi connectivity index (χ0v) is 10.6. The number of halogens is 1. The first-order valence-electron chi connectivity index (χ1n) is 5.20. The first-order valence-corrected chi connectivity index (χ1v) is 5.94. The van der Waals surface area contributed by atoms with Crippen molar-refractivity contribution in [2.45, 2.75) is 5.41 Å². The molecule has 0 spiro atoms. The van der Waals surface area contributed by atoms with E-state index in [1.54, 1.807) is 6.20 Å². The molecule has 0 radical (unpaired) electrons. The Morgan fingerprint density at radius 3 is 2.88 bits per heavy atom. The molecule has 1 saturated heterocycles. The van der Waals surface area contributed by atoms with E-state index in [4.69, 9.17) is 5.11 Å². The molecule has 94 valence electrons. The van der Waals surface area contributed by atoms with Crippen molar-refractivity contribution >= 4 is 30.2 Å². The highest BCUT2D eigenvalue weighted by Crippen LogP contribution is 2.60. The second-order valence-electron chi connectivity index (χ2n) is 4.36. The van der Waals surface area contributed by atoms with Gasteiger partial charge in [0, 0.05) is 12.0 Å². The maximum absolute atomic E-state index is 10.6. The van der Waals surface area contributed by atoms with Crippen LogP contribution in [-0.4, -0.2) is 39.6 Å². The number of nitrogens with zero attached hydrogens (tertiary/aromatic N) is 2. The van der Waals surface area contributed by atoms with Crippen molar-refractivity contribution in [1.82, 2.24) is 19.4 Å². The number of piperidine rings is 1. The molecule has 3 atom stereocenters. The van der Waals surface area contributed by atoms with E-state index in [1.165, 1.54) is 11.7 Å². The van der Waals surface area contributed by atoms with E-state index in [1.807, 2.05) is 0 Å². The standard InChI is InChI=1S/C9H12N4O2S.ClH/c14-8(15)11-4-9(7-3-12-16-13-7)5-1-10-2-6(5)9;/h3,5-6,10-11H,1-2,4H2,(H,14,15);1H/t5-,6+,9?;. The Morgan fingerprint density at radius 2 is 2.35 bits per heavy atom. The van der Waals surface area contributed by atoms with Gasteiger partial charge in [-0.1, -0.05) is 0 Å². The van der Waals surface area contributed by atoms with Crippen molar-refractivity contribution in [2.24, 2.45) is 11.8 Å². The lowest BCUT2D eigenvalue weighted by Crippen LogP contribution is -2.37. The normalized spacial score (nSPS) is 33.6. The zero-order chi connectivity index (χ0) is 11.2. The first kappa shape index (κ1) is 12.5. The van der Waals surface area contributed by atoms with E-state index < -0.39 is 6.09 Å². The number of rotatable bonds is 3. The summed E-state index contributed by atoms with van der Waals surface area (Å²) in [5.74, 6) is 1.01. The first-order chi connectivity index (χ1) is 7.75. The van der Waals surface area contributed by atoms with Gasteiger partial charge in [-0.2, -0.15) is 8.75 Å². The maximum Gasteiger partial charge on any atom is 0.404 e. The van der Waals surface area contributed by atoms with Gasteiger partial charge in [0.2, 0.25) is 0 Å². The van der Waals surface area contributed by atoms with Gasteiger partial charge < -0.3 is 15.7 Å². The molecule has 2 aliphatic rings. The molecule has 3 N–H and O–H groups in total. The van der Waals surface area contributed by atoms with Gasteiger partial charge in [-0.15, -0.1) is 12.4 Å². The van der Waals surface area contributed by atoms with E-state index in [2.05, 4.69) is 19.4 Å². The van der Waals surface area contributed by atoms with Crippen LogP contribution >= 0.6 is 24.1 Å². The number of amides is 1. The third kappa shape index (κ3) is 1.78. The summed E-state index contributed by atoms with van der Waals surface area (Å²) in [6, 6.07) is 0. The van der Waals surface area contributed by atoms with Gasteiger partial charge in [0.25, 0.3) is 0 Å². The summed E-state index contributed by atoms with van der Waals surface area (Å²) >= 11 is 1.18. The maximum atomic E-state index is 10.6. The van der Waals surface area contributed by atoms with Gasteiger partial charge in [0.1, 0.15) is 0 Å². The van der Waals surface area contributed by atoms with Crippen LogP contribution in [0.5, 0.6) is 0 Å². The minimum absolute atomic E-state index is 0. The molecule has 17 heavy (non-hydrogen) atoms. The van der Waals surface area contributed by atoms with E-state index in [0.29, 0.717) is 18.4 Å². The quantitative estimate of drug-likeness (QED) is 0.740. The smallest absolute Gasteiger partial charge is 0.404 e. The van der Waals surface area contributed by atoms with Gasteiger partial charge in [-0.05, 0) is 24.9 Å². The molecule has 1 saturated carbocycles. The van der Waals surface area contributed by atoms with Gasteiger partial charge in [-0.3, -0.25) is 0 Å². The molecular weight excluding hydrogens is 264 g/mol. The highest BCUT2D eigenvalue weighted by molar-refractivity contribution is 6.99. The largest absolute Gasteiger partial charge is 0.465 e. The number of hydrogen-bond donors (Lipinski definition) is 3. The molecule has 1 aromatic heterocycles. The molecule has 8 heteroatoms. The van der Waals surface area contributed by atoms with Crippen LogP contribution in [0.25, 0.3) is 0 Å². The van der Waals surface area contributed by atoms with Crippen LogP contribution in [0.3, 0.4) is 0 Å². The predicted octanol–water partition coefficient (Wildman–Crippen LogP) is 0.315. The summed E-state index contributed by atoms with van der Waals surface area (Å²) in [5, 5.41) is 14.5. The summed E-state index contributed by atoms with van der Waals surface area (Å²) in [6.45, 7) is 2.34. The Kier molecular flexibility index (Phi) is 3.24. The van der Waals surface area contributed by atoms with Gasteiger partial charge in [-0.25, -0.2) is 4.79 Å². The molecule has 1 aliphatic heterocycles. The molecular formula is C9H13ClN4O2S.